The Bertz CT molecular complexity index is 522. The second kappa shape index (κ2) is 2.91. The van der Waals surface area contributed by atoms with E-state index in [0.717, 1.165) is 0 Å². The van der Waals surface area contributed by atoms with Crippen molar-refractivity contribution in [2.45, 2.75) is 6.92 Å². The van der Waals surface area contributed by atoms with Gasteiger partial charge >= 0.3 is 5.97 Å². The molecule has 6 nitrogen and oxygen atoms in total. The molecule has 0 aromatic carbocycles. The van der Waals surface area contributed by atoms with Crippen molar-refractivity contribution in [2.75, 3.05) is 0 Å². The molecule has 72 valence electrons. The van der Waals surface area contributed by atoms with E-state index in [1.807, 2.05) is 0 Å². The summed E-state index contributed by atoms with van der Waals surface area (Å²) in [5, 5.41) is 16.3. The molecule has 1 N–H and O–H groups in total. The molecule has 2 rings (SSSR count). The van der Waals surface area contributed by atoms with Gasteiger partial charge in [0.1, 0.15) is 5.82 Å². The van der Waals surface area contributed by atoms with Crippen molar-refractivity contribution in [3.05, 3.63) is 22.9 Å². The highest BCUT2D eigenvalue weighted by atomic mass is 35.5. The highest BCUT2D eigenvalue weighted by molar-refractivity contribution is 6.32. The zero-order chi connectivity index (χ0) is 10.3. The van der Waals surface area contributed by atoms with Crippen molar-refractivity contribution < 1.29 is 9.90 Å². The van der Waals surface area contributed by atoms with Crippen LogP contribution in [0.2, 0.25) is 5.15 Å². The van der Waals surface area contributed by atoms with E-state index in [0.29, 0.717) is 11.5 Å². The number of rotatable bonds is 1. The molecule has 0 atom stereocenters. The fourth-order valence-corrected chi connectivity index (χ4v) is 1.29. The minimum Gasteiger partial charge on any atom is -0.476 e. The van der Waals surface area contributed by atoms with Gasteiger partial charge in [0.05, 0.1) is 0 Å². The average molecular weight is 213 g/mol. The zero-order valence-electron chi connectivity index (χ0n) is 7.10. The first-order valence-corrected chi connectivity index (χ1v) is 4.08. The van der Waals surface area contributed by atoms with E-state index in [9.17, 15) is 4.79 Å². The topological polar surface area (TPSA) is 80.4 Å². The summed E-state index contributed by atoms with van der Waals surface area (Å²) in [5.74, 6) is -0.575. The number of aromatic carboxylic acids is 1. The smallest absolute Gasteiger partial charge is 0.356 e. The van der Waals surface area contributed by atoms with Gasteiger partial charge in [-0.3, -0.25) is 4.40 Å². The van der Waals surface area contributed by atoms with Crippen molar-refractivity contribution in [3.63, 3.8) is 0 Å². The Hall–Kier alpha value is -1.69. The van der Waals surface area contributed by atoms with E-state index in [1.165, 1.54) is 10.6 Å². The van der Waals surface area contributed by atoms with Gasteiger partial charge in [0.15, 0.2) is 16.5 Å². The maximum absolute atomic E-state index is 10.7. The number of fused-ring (bicyclic) bond motifs is 1. The molecule has 0 saturated heterocycles. The van der Waals surface area contributed by atoms with Crippen LogP contribution in [0.1, 0.15) is 16.3 Å². The molecule has 0 aliphatic carbocycles. The van der Waals surface area contributed by atoms with Gasteiger partial charge in [-0.2, -0.15) is 0 Å². The quantitative estimate of drug-likeness (QED) is 0.756. The van der Waals surface area contributed by atoms with Crippen LogP contribution in [-0.2, 0) is 0 Å². The standard InChI is InChI=1S/C7H5ClN4O2/c1-3-10-11-6-5(8)9-4(7(13)14)2-12(3)6/h2H,1H3,(H,13,14). The summed E-state index contributed by atoms with van der Waals surface area (Å²) in [6, 6.07) is 0. The minimum atomic E-state index is -1.14. The van der Waals surface area contributed by atoms with Crippen molar-refractivity contribution >= 4 is 23.2 Å². The van der Waals surface area contributed by atoms with E-state index >= 15 is 0 Å². The van der Waals surface area contributed by atoms with Crippen molar-refractivity contribution in [2.24, 2.45) is 0 Å². The molecule has 0 amide bonds. The van der Waals surface area contributed by atoms with Crippen LogP contribution in [0.5, 0.6) is 0 Å². The van der Waals surface area contributed by atoms with Crippen LogP contribution in [0.3, 0.4) is 0 Å². The lowest BCUT2D eigenvalue weighted by Crippen LogP contribution is -2.04. The molecule has 14 heavy (non-hydrogen) atoms. The monoisotopic (exact) mass is 212 g/mol. The molecule has 0 radical (unpaired) electrons. The van der Waals surface area contributed by atoms with Gasteiger partial charge in [-0.05, 0) is 6.92 Å². The first-order chi connectivity index (χ1) is 6.59. The van der Waals surface area contributed by atoms with Gasteiger partial charge in [-0.25, -0.2) is 9.78 Å². The van der Waals surface area contributed by atoms with Gasteiger partial charge in [-0.1, -0.05) is 11.6 Å². The van der Waals surface area contributed by atoms with Crippen LogP contribution >= 0.6 is 11.6 Å². The first kappa shape index (κ1) is 8.89. The number of carboxylic acids is 1. The third-order valence-corrected chi connectivity index (χ3v) is 1.99. The lowest BCUT2D eigenvalue weighted by Gasteiger charge is -1.98. The lowest BCUT2D eigenvalue weighted by atomic mass is 10.4. The number of hydrogen-bond donors (Lipinski definition) is 1. The number of aryl methyl sites for hydroxylation is 1. The first-order valence-electron chi connectivity index (χ1n) is 3.71. The van der Waals surface area contributed by atoms with Crippen LogP contribution in [0.15, 0.2) is 6.20 Å². The molecule has 2 aromatic heterocycles. The fourth-order valence-electron chi connectivity index (χ4n) is 1.07. The summed E-state index contributed by atoms with van der Waals surface area (Å²) in [6.45, 7) is 1.70. The highest BCUT2D eigenvalue weighted by Crippen LogP contribution is 2.14. The molecule has 0 unspecified atom stereocenters. The molecule has 2 aromatic rings. The Morgan fingerprint density at radius 1 is 1.57 bits per heavy atom. The molecular formula is C7H5ClN4O2. The van der Waals surface area contributed by atoms with Crippen LogP contribution in [0, 0.1) is 6.92 Å². The summed E-state index contributed by atoms with van der Waals surface area (Å²) < 4.78 is 1.48. The molecular weight excluding hydrogens is 208 g/mol. The maximum atomic E-state index is 10.7. The highest BCUT2D eigenvalue weighted by Gasteiger charge is 2.12. The molecule has 7 heteroatoms. The molecule has 0 fully saturated rings. The Morgan fingerprint density at radius 3 is 2.93 bits per heavy atom. The van der Waals surface area contributed by atoms with Gasteiger partial charge < -0.3 is 5.11 Å². The molecule has 0 saturated carbocycles. The summed E-state index contributed by atoms with van der Waals surface area (Å²) in [6.07, 6.45) is 1.33. The van der Waals surface area contributed by atoms with E-state index in [1.54, 1.807) is 6.92 Å². The van der Waals surface area contributed by atoms with Crippen LogP contribution in [-0.4, -0.2) is 30.7 Å². The fraction of sp³-hybridized carbons (Fsp3) is 0.143. The molecule has 0 bridgehead atoms. The Labute approximate surface area is 83.2 Å². The molecule has 0 spiro atoms. The van der Waals surface area contributed by atoms with Gasteiger partial charge in [0.2, 0.25) is 0 Å². The maximum Gasteiger partial charge on any atom is 0.356 e. The number of carboxylic acid groups (broad SMARTS) is 1. The number of halogens is 1. The summed E-state index contributed by atoms with van der Waals surface area (Å²) >= 11 is 5.72. The lowest BCUT2D eigenvalue weighted by molar-refractivity contribution is 0.0690. The Kier molecular flexibility index (Phi) is 1.85. The predicted octanol–water partition coefficient (Wildman–Crippen LogP) is 0.784. The van der Waals surface area contributed by atoms with Gasteiger partial charge in [0, 0.05) is 6.20 Å². The zero-order valence-corrected chi connectivity index (χ0v) is 7.86. The van der Waals surface area contributed by atoms with Crippen LogP contribution < -0.4 is 0 Å². The van der Waals surface area contributed by atoms with Gasteiger partial charge in [0.25, 0.3) is 0 Å². The summed E-state index contributed by atoms with van der Waals surface area (Å²) in [5.41, 5.74) is 0.222. The average Bonchev–Trinajstić information content (AvgIpc) is 2.48. The molecule has 0 aliphatic rings. The number of nitrogens with zero attached hydrogens (tertiary/aromatic N) is 4. The third-order valence-electron chi connectivity index (χ3n) is 1.74. The molecule has 0 aliphatic heterocycles. The van der Waals surface area contributed by atoms with Crippen molar-refractivity contribution in [1.29, 1.82) is 0 Å². The molecule has 2 heterocycles. The van der Waals surface area contributed by atoms with Crippen molar-refractivity contribution in [3.8, 4) is 0 Å². The SMILES string of the molecule is Cc1nnc2c(Cl)nc(C(=O)O)cn12. The van der Waals surface area contributed by atoms with E-state index in [2.05, 4.69) is 15.2 Å². The third kappa shape index (κ3) is 1.20. The van der Waals surface area contributed by atoms with E-state index in [4.69, 9.17) is 16.7 Å². The second-order valence-electron chi connectivity index (χ2n) is 2.66. The number of aromatic nitrogens is 4. The largest absolute Gasteiger partial charge is 0.476 e. The van der Waals surface area contributed by atoms with E-state index in [-0.39, 0.29) is 10.8 Å². The van der Waals surface area contributed by atoms with Crippen molar-refractivity contribution in [1.82, 2.24) is 19.6 Å². The second-order valence-corrected chi connectivity index (χ2v) is 3.02. The Balaban J connectivity index is 2.82. The van der Waals surface area contributed by atoms with Crippen LogP contribution in [0.25, 0.3) is 5.65 Å². The van der Waals surface area contributed by atoms with Crippen LogP contribution in [0.4, 0.5) is 0 Å². The number of hydrogen-bond acceptors (Lipinski definition) is 4. The normalized spacial score (nSPS) is 10.7. The predicted molar refractivity (Wildman–Crippen MR) is 47.5 cm³/mol. The summed E-state index contributed by atoms with van der Waals surface area (Å²) in [7, 11) is 0. The van der Waals surface area contributed by atoms with E-state index < -0.39 is 5.97 Å². The Morgan fingerprint density at radius 2 is 2.29 bits per heavy atom. The minimum absolute atomic E-state index is 0.0329. The summed E-state index contributed by atoms with van der Waals surface area (Å²) in [4.78, 5) is 14.3. The number of carbonyl (C=O) groups is 1. The van der Waals surface area contributed by atoms with Gasteiger partial charge in [-0.15, -0.1) is 10.2 Å².